The van der Waals surface area contributed by atoms with Crippen molar-refractivity contribution >= 4 is 23.0 Å². The maximum absolute atomic E-state index is 5.94. The van der Waals surface area contributed by atoms with Crippen molar-refractivity contribution in [3.05, 3.63) is 51.7 Å². The Morgan fingerprint density at radius 2 is 2.00 bits per heavy atom. The summed E-state index contributed by atoms with van der Waals surface area (Å²) in [6.45, 7) is 7.17. The lowest BCUT2D eigenvalue weighted by molar-refractivity contribution is 0.734. The molecule has 112 valence electrons. The number of aryl methyl sites for hydroxylation is 1. The highest BCUT2D eigenvalue weighted by Gasteiger charge is 2.03. The van der Waals surface area contributed by atoms with Gasteiger partial charge in [0.05, 0.1) is 6.54 Å². The molecule has 1 atom stereocenters. The minimum Gasteiger partial charge on any atom is -0.370 e. The minimum atomic E-state index is 0.457. The van der Waals surface area contributed by atoms with Crippen molar-refractivity contribution in [2.75, 3.05) is 5.32 Å². The highest BCUT2D eigenvalue weighted by Crippen LogP contribution is 2.20. The molecule has 2 rings (SSSR count). The van der Waals surface area contributed by atoms with Crippen LogP contribution in [0.3, 0.4) is 0 Å². The maximum Gasteiger partial charge on any atom is 0.193 e. The normalized spacial score (nSPS) is 13.2. The fourth-order valence-electron chi connectivity index (χ4n) is 2.04. The number of guanidine groups is 1. The molecule has 0 radical (unpaired) electrons. The second-order valence-corrected chi connectivity index (χ2v) is 6.29. The van der Waals surface area contributed by atoms with Gasteiger partial charge in [-0.25, -0.2) is 4.99 Å². The van der Waals surface area contributed by atoms with Crippen LogP contribution in [0.5, 0.6) is 0 Å². The molecule has 1 aromatic carbocycles. The molecule has 0 saturated carbocycles. The number of aliphatic imine (C=N–C) groups is 1. The summed E-state index contributed by atoms with van der Waals surface area (Å²) in [7, 11) is 0. The molecule has 0 aliphatic rings. The number of hydrogen-bond acceptors (Lipinski definition) is 2. The standard InChI is InChI=1S/C17H23N3S/c1-4-12(2)14-5-7-15(8-6-14)20-17(18)19-11-16-13(3)9-10-21-16/h5-10,12H,4,11H2,1-3H3,(H3,18,19,20). The van der Waals surface area contributed by atoms with Gasteiger partial charge in [-0.05, 0) is 54.0 Å². The molecule has 1 heterocycles. The van der Waals surface area contributed by atoms with Crippen LogP contribution in [-0.2, 0) is 6.54 Å². The van der Waals surface area contributed by atoms with Gasteiger partial charge in [-0.3, -0.25) is 0 Å². The molecule has 21 heavy (non-hydrogen) atoms. The van der Waals surface area contributed by atoms with Crippen molar-refractivity contribution in [1.82, 2.24) is 0 Å². The lowest BCUT2D eigenvalue weighted by atomic mass is 9.99. The van der Waals surface area contributed by atoms with Gasteiger partial charge in [0, 0.05) is 10.6 Å². The second kappa shape index (κ2) is 7.27. The summed E-state index contributed by atoms with van der Waals surface area (Å²) in [6.07, 6.45) is 1.15. The van der Waals surface area contributed by atoms with E-state index < -0.39 is 0 Å². The molecule has 0 spiro atoms. The van der Waals surface area contributed by atoms with Crippen LogP contribution >= 0.6 is 11.3 Å². The van der Waals surface area contributed by atoms with Crippen LogP contribution in [0.4, 0.5) is 5.69 Å². The van der Waals surface area contributed by atoms with Crippen molar-refractivity contribution in [3.8, 4) is 0 Å². The average molecular weight is 301 g/mol. The zero-order valence-electron chi connectivity index (χ0n) is 12.9. The molecule has 0 aliphatic carbocycles. The van der Waals surface area contributed by atoms with Gasteiger partial charge in [-0.15, -0.1) is 11.3 Å². The van der Waals surface area contributed by atoms with Crippen molar-refractivity contribution in [3.63, 3.8) is 0 Å². The molecule has 4 heteroatoms. The number of nitrogens with one attached hydrogen (secondary N) is 1. The Bertz CT molecular complexity index is 599. The quantitative estimate of drug-likeness (QED) is 0.631. The largest absolute Gasteiger partial charge is 0.370 e. The first-order valence-electron chi connectivity index (χ1n) is 7.30. The average Bonchev–Trinajstić information content (AvgIpc) is 2.90. The lowest BCUT2D eigenvalue weighted by Crippen LogP contribution is -2.22. The topological polar surface area (TPSA) is 50.4 Å². The molecule has 1 unspecified atom stereocenters. The first-order valence-corrected chi connectivity index (χ1v) is 8.18. The van der Waals surface area contributed by atoms with Crippen LogP contribution < -0.4 is 11.1 Å². The predicted molar refractivity (Wildman–Crippen MR) is 93.2 cm³/mol. The fraction of sp³-hybridized carbons (Fsp3) is 0.353. The Labute approximate surface area is 130 Å². The third kappa shape index (κ3) is 4.33. The van der Waals surface area contributed by atoms with E-state index in [2.05, 4.69) is 66.8 Å². The highest BCUT2D eigenvalue weighted by molar-refractivity contribution is 7.10. The Kier molecular flexibility index (Phi) is 5.39. The molecular formula is C17H23N3S. The zero-order valence-corrected chi connectivity index (χ0v) is 13.7. The summed E-state index contributed by atoms with van der Waals surface area (Å²) in [5.74, 6) is 1.05. The van der Waals surface area contributed by atoms with Gasteiger partial charge in [0.15, 0.2) is 5.96 Å². The first kappa shape index (κ1) is 15.6. The Hall–Kier alpha value is -1.81. The fourth-order valence-corrected chi connectivity index (χ4v) is 2.87. The molecular weight excluding hydrogens is 278 g/mol. The predicted octanol–water partition coefficient (Wildman–Crippen LogP) is 4.50. The summed E-state index contributed by atoms with van der Waals surface area (Å²) >= 11 is 1.72. The summed E-state index contributed by atoms with van der Waals surface area (Å²) in [5, 5.41) is 5.22. The number of benzene rings is 1. The van der Waals surface area contributed by atoms with Gasteiger partial charge in [-0.2, -0.15) is 0 Å². The molecule has 0 saturated heterocycles. The Balaban J connectivity index is 1.96. The molecule has 3 nitrogen and oxygen atoms in total. The summed E-state index contributed by atoms with van der Waals surface area (Å²) < 4.78 is 0. The van der Waals surface area contributed by atoms with E-state index in [0.717, 1.165) is 12.1 Å². The first-order chi connectivity index (χ1) is 10.1. The van der Waals surface area contributed by atoms with Gasteiger partial charge >= 0.3 is 0 Å². The third-order valence-electron chi connectivity index (χ3n) is 3.73. The molecule has 2 aromatic rings. The van der Waals surface area contributed by atoms with Crippen LogP contribution in [0.25, 0.3) is 0 Å². The summed E-state index contributed by atoms with van der Waals surface area (Å²) in [6, 6.07) is 10.5. The van der Waals surface area contributed by atoms with E-state index in [-0.39, 0.29) is 0 Å². The van der Waals surface area contributed by atoms with Gasteiger partial charge < -0.3 is 11.1 Å². The van der Waals surface area contributed by atoms with Crippen LogP contribution in [0.15, 0.2) is 40.7 Å². The number of hydrogen-bond donors (Lipinski definition) is 2. The van der Waals surface area contributed by atoms with Crippen LogP contribution in [0.1, 0.15) is 42.2 Å². The van der Waals surface area contributed by atoms with E-state index in [9.17, 15) is 0 Å². The molecule has 0 bridgehead atoms. The van der Waals surface area contributed by atoms with Gasteiger partial charge in [0.1, 0.15) is 0 Å². The number of anilines is 1. The van der Waals surface area contributed by atoms with Gasteiger partial charge in [0.2, 0.25) is 0 Å². The van der Waals surface area contributed by atoms with E-state index >= 15 is 0 Å². The molecule has 0 fully saturated rings. The molecule has 0 aliphatic heterocycles. The number of rotatable bonds is 5. The number of thiophene rings is 1. The summed E-state index contributed by atoms with van der Waals surface area (Å²) in [4.78, 5) is 5.65. The maximum atomic E-state index is 5.94. The van der Waals surface area contributed by atoms with E-state index in [4.69, 9.17) is 5.73 Å². The third-order valence-corrected chi connectivity index (χ3v) is 4.73. The van der Waals surface area contributed by atoms with Crippen molar-refractivity contribution in [1.29, 1.82) is 0 Å². The molecule has 0 amide bonds. The SMILES string of the molecule is CCC(C)c1ccc(NC(N)=NCc2sccc2C)cc1. The smallest absolute Gasteiger partial charge is 0.193 e. The molecule has 3 N–H and O–H groups in total. The number of nitrogens with zero attached hydrogens (tertiary/aromatic N) is 1. The Morgan fingerprint density at radius 3 is 2.57 bits per heavy atom. The van der Waals surface area contributed by atoms with Crippen LogP contribution in [0, 0.1) is 6.92 Å². The number of nitrogens with two attached hydrogens (primary N) is 1. The van der Waals surface area contributed by atoms with Crippen molar-refractivity contribution < 1.29 is 0 Å². The van der Waals surface area contributed by atoms with Gasteiger partial charge in [-0.1, -0.05) is 26.0 Å². The zero-order chi connectivity index (χ0) is 15.2. The summed E-state index contributed by atoms with van der Waals surface area (Å²) in [5.41, 5.74) is 9.54. The van der Waals surface area contributed by atoms with Crippen molar-refractivity contribution in [2.45, 2.75) is 39.7 Å². The minimum absolute atomic E-state index is 0.457. The lowest BCUT2D eigenvalue weighted by Gasteiger charge is -2.10. The van der Waals surface area contributed by atoms with E-state index in [0.29, 0.717) is 18.4 Å². The van der Waals surface area contributed by atoms with Crippen LogP contribution in [0.2, 0.25) is 0 Å². The van der Waals surface area contributed by atoms with E-state index in [1.807, 2.05) is 0 Å². The Morgan fingerprint density at radius 1 is 1.29 bits per heavy atom. The second-order valence-electron chi connectivity index (χ2n) is 5.28. The van der Waals surface area contributed by atoms with Crippen LogP contribution in [-0.4, -0.2) is 5.96 Å². The monoisotopic (exact) mass is 301 g/mol. The van der Waals surface area contributed by atoms with Gasteiger partial charge in [0.25, 0.3) is 0 Å². The molecule has 1 aromatic heterocycles. The highest BCUT2D eigenvalue weighted by atomic mass is 32.1. The van der Waals surface area contributed by atoms with Crippen molar-refractivity contribution in [2.24, 2.45) is 10.7 Å². The van der Waals surface area contributed by atoms with E-state index in [1.165, 1.54) is 16.0 Å². The van der Waals surface area contributed by atoms with E-state index in [1.54, 1.807) is 11.3 Å².